The Morgan fingerprint density at radius 1 is 0.806 bits per heavy atom. The van der Waals surface area contributed by atoms with Gasteiger partial charge in [0.25, 0.3) is 0 Å². The molecule has 0 unspecified atom stereocenters. The molecule has 31 heavy (non-hydrogen) atoms. The van der Waals surface area contributed by atoms with Crippen molar-refractivity contribution in [1.29, 1.82) is 0 Å². The van der Waals surface area contributed by atoms with Gasteiger partial charge in [-0.05, 0) is 55.7 Å². The fourth-order valence-corrected chi connectivity index (χ4v) is 2.96. The first-order chi connectivity index (χ1) is 14.6. The van der Waals surface area contributed by atoms with E-state index >= 15 is 0 Å². The van der Waals surface area contributed by atoms with Crippen molar-refractivity contribution in [3.8, 4) is 23.0 Å². The van der Waals surface area contributed by atoms with E-state index in [1.807, 2.05) is 50.2 Å². The number of ether oxygens (including phenoxy) is 4. The largest absolute Gasteiger partial charge is 0.493 e. The molecule has 2 aromatic carbocycles. The molecule has 7 nitrogen and oxygen atoms in total. The van der Waals surface area contributed by atoms with Gasteiger partial charge in [-0.15, -0.1) is 24.0 Å². The number of halogens is 1. The number of nitrogens with zero attached hydrogens (tertiary/aromatic N) is 1. The van der Waals surface area contributed by atoms with Crippen molar-refractivity contribution < 1.29 is 18.9 Å². The molecule has 2 aromatic rings. The van der Waals surface area contributed by atoms with Gasteiger partial charge in [0.1, 0.15) is 0 Å². The van der Waals surface area contributed by atoms with Gasteiger partial charge in [0, 0.05) is 13.1 Å². The van der Waals surface area contributed by atoms with Gasteiger partial charge in [-0.2, -0.15) is 0 Å². The van der Waals surface area contributed by atoms with Gasteiger partial charge in [0.2, 0.25) is 0 Å². The maximum atomic E-state index is 5.57. The SMILES string of the molecule is CCNC(=NCc1ccc(OCC)c(OC)c1)NCCc1ccc(OC)c(OC)c1.I. The Hall–Kier alpha value is -2.36. The zero-order valence-corrected chi connectivity index (χ0v) is 21.3. The molecule has 0 radical (unpaired) electrons. The molecular formula is C23H34IN3O4. The zero-order valence-electron chi connectivity index (χ0n) is 19.0. The Bertz CT molecular complexity index is 830. The fourth-order valence-electron chi connectivity index (χ4n) is 2.96. The van der Waals surface area contributed by atoms with E-state index < -0.39 is 0 Å². The highest BCUT2D eigenvalue weighted by Crippen LogP contribution is 2.28. The van der Waals surface area contributed by atoms with E-state index in [1.54, 1.807) is 21.3 Å². The molecule has 8 heteroatoms. The third-order valence-corrected chi connectivity index (χ3v) is 4.45. The second-order valence-corrected chi connectivity index (χ2v) is 6.48. The van der Waals surface area contributed by atoms with E-state index in [0.29, 0.717) is 13.2 Å². The first-order valence-electron chi connectivity index (χ1n) is 10.2. The normalized spacial score (nSPS) is 10.7. The molecule has 0 aliphatic rings. The van der Waals surface area contributed by atoms with Crippen LogP contribution >= 0.6 is 24.0 Å². The van der Waals surface area contributed by atoms with Crippen molar-refractivity contribution in [2.75, 3.05) is 41.0 Å². The van der Waals surface area contributed by atoms with Crippen LogP contribution in [-0.4, -0.2) is 47.0 Å². The summed E-state index contributed by atoms with van der Waals surface area (Å²) < 4.78 is 21.7. The predicted molar refractivity (Wildman–Crippen MR) is 136 cm³/mol. The van der Waals surface area contributed by atoms with Crippen molar-refractivity contribution in [2.24, 2.45) is 4.99 Å². The van der Waals surface area contributed by atoms with Gasteiger partial charge in [0.05, 0.1) is 34.5 Å². The second-order valence-electron chi connectivity index (χ2n) is 6.48. The lowest BCUT2D eigenvalue weighted by atomic mass is 10.1. The number of hydrogen-bond donors (Lipinski definition) is 2. The molecule has 0 atom stereocenters. The summed E-state index contributed by atoms with van der Waals surface area (Å²) in [7, 11) is 4.93. The average molecular weight is 543 g/mol. The smallest absolute Gasteiger partial charge is 0.191 e. The van der Waals surface area contributed by atoms with Crippen LogP contribution in [0.5, 0.6) is 23.0 Å². The summed E-state index contributed by atoms with van der Waals surface area (Å²) in [5.41, 5.74) is 2.21. The van der Waals surface area contributed by atoms with Crippen LogP contribution in [0.2, 0.25) is 0 Å². The summed E-state index contributed by atoms with van der Waals surface area (Å²) in [4.78, 5) is 4.68. The van der Waals surface area contributed by atoms with E-state index in [-0.39, 0.29) is 24.0 Å². The summed E-state index contributed by atoms with van der Waals surface area (Å²) >= 11 is 0. The molecule has 0 amide bonds. The Labute approximate surface area is 202 Å². The summed E-state index contributed by atoms with van der Waals surface area (Å²) in [5.74, 6) is 3.70. The second kappa shape index (κ2) is 14.6. The van der Waals surface area contributed by atoms with Crippen LogP contribution in [0, 0.1) is 0 Å². The maximum Gasteiger partial charge on any atom is 0.191 e. The average Bonchev–Trinajstić information content (AvgIpc) is 2.78. The minimum Gasteiger partial charge on any atom is -0.493 e. The van der Waals surface area contributed by atoms with Gasteiger partial charge in [-0.1, -0.05) is 12.1 Å². The van der Waals surface area contributed by atoms with Crippen molar-refractivity contribution >= 4 is 29.9 Å². The lowest BCUT2D eigenvalue weighted by Gasteiger charge is -2.13. The molecule has 0 spiro atoms. The van der Waals surface area contributed by atoms with Gasteiger partial charge in [-0.25, -0.2) is 4.99 Å². The highest BCUT2D eigenvalue weighted by molar-refractivity contribution is 14.0. The predicted octanol–water partition coefficient (Wildman–Crippen LogP) is 4.03. The van der Waals surface area contributed by atoms with Crippen molar-refractivity contribution in [3.05, 3.63) is 47.5 Å². The van der Waals surface area contributed by atoms with E-state index in [1.165, 1.54) is 0 Å². The Morgan fingerprint density at radius 2 is 1.42 bits per heavy atom. The topological polar surface area (TPSA) is 73.3 Å². The van der Waals surface area contributed by atoms with E-state index in [4.69, 9.17) is 18.9 Å². The molecule has 0 aromatic heterocycles. The molecule has 0 fully saturated rings. The monoisotopic (exact) mass is 543 g/mol. The number of rotatable bonds is 11. The Kier molecular flexibility index (Phi) is 12.6. The molecule has 2 N–H and O–H groups in total. The molecule has 172 valence electrons. The van der Waals surface area contributed by atoms with Crippen LogP contribution in [0.25, 0.3) is 0 Å². The van der Waals surface area contributed by atoms with Crippen molar-refractivity contribution in [2.45, 2.75) is 26.8 Å². The highest BCUT2D eigenvalue weighted by atomic mass is 127. The van der Waals surface area contributed by atoms with E-state index in [9.17, 15) is 0 Å². The molecule has 2 rings (SSSR count). The van der Waals surface area contributed by atoms with Crippen LogP contribution in [0.3, 0.4) is 0 Å². The molecule has 0 aliphatic heterocycles. The highest BCUT2D eigenvalue weighted by Gasteiger charge is 2.07. The summed E-state index contributed by atoms with van der Waals surface area (Å²) in [6.45, 7) is 6.67. The lowest BCUT2D eigenvalue weighted by molar-refractivity contribution is 0.310. The van der Waals surface area contributed by atoms with E-state index in [2.05, 4.69) is 15.6 Å². The molecule has 0 heterocycles. The number of nitrogens with one attached hydrogen (secondary N) is 2. The Morgan fingerprint density at radius 3 is 2.06 bits per heavy atom. The van der Waals surface area contributed by atoms with E-state index in [0.717, 1.165) is 59.6 Å². The van der Waals surface area contributed by atoms with Crippen LogP contribution in [0.15, 0.2) is 41.4 Å². The summed E-state index contributed by atoms with van der Waals surface area (Å²) in [5, 5.41) is 6.66. The minimum atomic E-state index is 0. The molecule has 0 saturated carbocycles. The standard InChI is InChI=1S/C23H33N3O4.HI/c1-6-24-23(25-13-12-17-8-10-19(27-3)21(14-17)28-4)26-16-18-9-11-20(30-7-2)22(15-18)29-5;/h8-11,14-15H,6-7,12-13,16H2,1-5H3,(H2,24,25,26);1H. The van der Waals surface area contributed by atoms with Gasteiger partial charge < -0.3 is 29.6 Å². The number of methoxy groups -OCH3 is 3. The summed E-state index contributed by atoms with van der Waals surface area (Å²) in [6, 6.07) is 11.8. The number of guanidine groups is 1. The van der Waals surface area contributed by atoms with Crippen LogP contribution in [0.1, 0.15) is 25.0 Å². The van der Waals surface area contributed by atoms with Crippen molar-refractivity contribution in [1.82, 2.24) is 10.6 Å². The number of hydrogen-bond acceptors (Lipinski definition) is 5. The number of benzene rings is 2. The fraction of sp³-hybridized carbons (Fsp3) is 0.435. The lowest BCUT2D eigenvalue weighted by Crippen LogP contribution is -2.38. The minimum absolute atomic E-state index is 0. The third kappa shape index (κ3) is 8.35. The summed E-state index contributed by atoms with van der Waals surface area (Å²) in [6.07, 6.45) is 0.835. The maximum absolute atomic E-state index is 5.57. The van der Waals surface area contributed by atoms with Crippen LogP contribution in [0.4, 0.5) is 0 Å². The van der Waals surface area contributed by atoms with Gasteiger partial charge in [0.15, 0.2) is 29.0 Å². The first-order valence-corrected chi connectivity index (χ1v) is 10.2. The quantitative estimate of drug-likeness (QED) is 0.254. The van der Waals surface area contributed by atoms with Crippen LogP contribution in [-0.2, 0) is 13.0 Å². The van der Waals surface area contributed by atoms with Crippen molar-refractivity contribution in [3.63, 3.8) is 0 Å². The molecule has 0 bridgehead atoms. The molecular weight excluding hydrogens is 509 g/mol. The first kappa shape index (κ1) is 26.7. The molecule has 0 aliphatic carbocycles. The third-order valence-electron chi connectivity index (χ3n) is 4.45. The molecule has 0 saturated heterocycles. The zero-order chi connectivity index (χ0) is 21.8. The van der Waals surface area contributed by atoms with Crippen LogP contribution < -0.4 is 29.6 Å². The Balaban J connectivity index is 0.00000480. The van der Waals surface area contributed by atoms with Gasteiger partial charge in [-0.3, -0.25) is 0 Å². The van der Waals surface area contributed by atoms with Gasteiger partial charge >= 0.3 is 0 Å². The number of aliphatic imine (C=N–C) groups is 1.